The number of methoxy groups -OCH3 is 1. The molecule has 1 aromatic heterocycles. The van der Waals surface area contributed by atoms with Gasteiger partial charge in [0.2, 0.25) is 5.88 Å². The number of carbonyl (C=O) groups is 1. The third kappa shape index (κ3) is 4.30. The third-order valence-corrected chi connectivity index (χ3v) is 1.84. The van der Waals surface area contributed by atoms with Gasteiger partial charge >= 0.3 is 5.97 Å². The summed E-state index contributed by atoms with van der Waals surface area (Å²) in [5.41, 5.74) is 0.862. The minimum Gasteiger partial charge on any atom is -0.481 e. The Bertz CT molecular complexity index is 311. The van der Waals surface area contributed by atoms with E-state index in [4.69, 9.17) is 9.84 Å². The van der Waals surface area contributed by atoms with Crippen LogP contribution in [0.3, 0.4) is 0 Å². The number of ether oxygens (including phenoxy) is 1. The number of pyridine rings is 1. The van der Waals surface area contributed by atoms with Crippen LogP contribution in [0.5, 0.6) is 5.88 Å². The number of anilines is 1. The summed E-state index contributed by atoms with van der Waals surface area (Å²) in [6.45, 7) is 0.625. The van der Waals surface area contributed by atoms with E-state index < -0.39 is 5.97 Å². The molecular weight excluding hydrogens is 196 g/mol. The van der Waals surface area contributed by atoms with Gasteiger partial charge in [0.15, 0.2) is 0 Å². The minimum absolute atomic E-state index is 0.177. The summed E-state index contributed by atoms with van der Waals surface area (Å²) in [5.74, 6) is -0.212. The molecule has 0 bridgehead atoms. The topological polar surface area (TPSA) is 71.5 Å². The predicted molar refractivity (Wildman–Crippen MR) is 56.1 cm³/mol. The number of carboxylic acid groups (broad SMARTS) is 1. The first kappa shape index (κ1) is 11.3. The third-order valence-electron chi connectivity index (χ3n) is 1.84. The molecule has 1 aromatic rings. The largest absolute Gasteiger partial charge is 0.481 e. The van der Waals surface area contributed by atoms with Crippen molar-refractivity contribution in [1.82, 2.24) is 4.98 Å². The summed E-state index contributed by atoms with van der Waals surface area (Å²) in [6.07, 6.45) is 2.43. The number of aromatic nitrogens is 1. The van der Waals surface area contributed by atoms with Gasteiger partial charge in [-0.25, -0.2) is 4.98 Å². The molecule has 82 valence electrons. The van der Waals surface area contributed by atoms with Crippen LogP contribution < -0.4 is 10.1 Å². The average Bonchev–Trinajstić information content (AvgIpc) is 2.25. The zero-order valence-corrected chi connectivity index (χ0v) is 8.56. The quantitative estimate of drug-likeness (QED) is 0.694. The summed E-state index contributed by atoms with van der Waals surface area (Å²) in [7, 11) is 1.56. The molecule has 0 amide bonds. The van der Waals surface area contributed by atoms with Gasteiger partial charge < -0.3 is 15.2 Å². The maximum absolute atomic E-state index is 10.2. The second-order valence-electron chi connectivity index (χ2n) is 3.01. The SMILES string of the molecule is COc1ccc(NCCCC(=O)O)cn1. The number of hydrogen-bond acceptors (Lipinski definition) is 4. The minimum atomic E-state index is -0.773. The van der Waals surface area contributed by atoms with Crippen LogP contribution in [0.2, 0.25) is 0 Å². The highest BCUT2D eigenvalue weighted by atomic mass is 16.5. The maximum Gasteiger partial charge on any atom is 0.303 e. The standard InChI is InChI=1S/C10H14N2O3/c1-15-9-5-4-8(7-12-9)11-6-2-3-10(13)14/h4-5,7,11H,2-3,6H2,1H3,(H,13,14). The Labute approximate surface area is 88.1 Å². The lowest BCUT2D eigenvalue weighted by molar-refractivity contribution is -0.137. The van der Waals surface area contributed by atoms with Crippen LogP contribution in [0.15, 0.2) is 18.3 Å². The zero-order valence-electron chi connectivity index (χ0n) is 8.56. The van der Waals surface area contributed by atoms with Crippen LogP contribution in [-0.2, 0) is 4.79 Å². The first-order valence-corrected chi connectivity index (χ1v) is 4.68. The number of nitrogens with zero attached hydrogens (tertiary/aromatic N) is 1. The molecule has 0 aliphatic carbocycles. The number of rotatable bonds is 6. The fourth-order valence-electron chi connectivity index (χ4n) is 1.08. The van der Waals surface area contributed by atoms with Crippen molar-refractivity contribution in [3.05, 3.63) is 18.3 Å². The van der Waals surface area contributed by atoms with Gasteiger partial charge in [-0.2, -0.15) is 0 Å². The second-order valence-corrected chi connectivity index (χ2v) is 3.01. The number of hydrogen-bond donors (Lipinski definition) is 2. The smallest absolute Gasteiger partial charge is 0.303 e. The molecule has 0 radical (unpaired) electrons. The molecule has 5 nitrogen and oxygen atoms in total. The fraction of sp³-hybridized carbons (Fsp3) is 0.400. The van der Waals surface area contributed by atoms with Gasteiger partial charge in [0.1, 0.15) is 0 Å². The molecule has 1 rings (SSSR count). The molecule has 1 heterocycles. The molecule has 0 unspecified atom stereocenters. The van der Waals surface area contributed by atoms with Gasteiger partial charge in [0, 0.05) is 19.0 Å². The second kappa shape index (κ2) is 5.85. The fourth-order valence-corrected chi connectivity index (χ4v) is 1.08. The highest BCUT2D eigenvalue weighted by molar-refractivity contribution is 5.66. The Kier molecular flexibility index (Phi) is 4.40. The van der Waals surface area contributed by atoms with Crippen LogP contribution in [0.1, 0.15) is 12.8 Å². The predicted octanol–water partition coefficient (Wildman–Crippen LogP) is 1.37. The number of aliphatic carboxylic acids is 1. The lowest BCUT2D eigenvalue weighted by Crippen LogP contribution is -2.05. The molecule has 0 spiro atoms. The first-order valence-electron chi connectivity index (χ1n) is 4.68. The van der Waals surface area contributed by atoms with Crippen LogP contribution in [0.4, 0.5) is 5.69 Å². The van der Waals surface area contributed by atoms with E-state index in [0.717, 1.165) is 5.69 Å². The Hall–Kier alpha value is -1.78. The Morgan fingerprint density at radius 3 is 2.93 bits per heavy atom. The molecule has 0 fully saturated rings. The molecule has 0 aliphatic heterocycles. The van der Waals surface area contributed by atoms with Crippen molar-refractivity contribution in [3.8, 4) is 5.88 Å². The molecule has 0 saturated carbocycles. The maximum atomic E-state index is 10.2. The van der Waals surface area contributed by atoms with Gasteiger partial charge in [-0.1, -0.05) is 0 Å². The molecule has 5 heteroatoms. The van der Waals surface area contributed by atoms with E-state index in [9.17, 15) is 4.79 Å². The van der Waals surface area contributed by atoms with E-state index >= 15 is 0 Å². The van der Waals surface area contributed by atoms with Crippen molar-refractivity contribution >= 4 is 11.7 Å². The normalized spacial score (nSPS) is 9.67. The monoisotopic (exact) mass is 210 g/mol. The summed E-state index contributed by atoms with van der Waals surface area (Å²) in [5, 5.41) is 11.5. The average molecular weight is 210 g/mol. The van der Waals surface area contributed by atoms with Crippen molar-refractivity contribution < 1.29 is 14.6 Å². The molecule has 0 saturated heterocycles. The van der Waals surface area contributed by atoms with Gasteiger partial charge in [0.25, 0.3) is 0 Å². The van der Waals surface area contributed by atoms with Gasteiger partial charge in [-0.05, 0) is 12.5 Å². The van der Waals surface area contributed by atoms with Crippen LogP contribution in [-0.4, -0.2) is 29.7 Å². The summed E-state index contributed by atoms with van der Waals surface area (Å²) in [4.78, 5) is 14.2. The summed E-state index contributed by atoms with van der Waals surface area (Å²) >= 11 is 0. The van der Waals surface area contributed by atoms with Crippen molar-refractivity contribution in [2.24, 2.45) is 0 Å². The van der Waals surface area contributed by atoms with Crippen molar-refractivity contribution in [2.45, 2.75) is 12.8 Å². The lowest BCUT2D eigenvalue weighted by atomic mass is 10.3. The Morgan fingerprint density at radius 2 is 2.40 bits per heavy atom. The van der Waals surface area contributed by atoms with E-state index in [0.29, 0.717) is 18.8 Å². The van der Waals surface area contributed by atoms with Crippen LogP contribution >= 0.6 is 0 Å². The van der Waals surface area contributed by atoms with Gasteiger partial charge in [0.05, 0.1) is 19.0 Å². The Morgan fingerprint density at radius 1 is 1.60 bits per heavy atom. The van der Waals surface area contributed by atoms with E-state index in [1.807, 2.05) is 6.07 Å². The van der Waals surface area contributed by atoms with E-state index in [2.05, 4.69) is 10.3 Å². The highest BCUT2D eigenvalue weighted by Gasteiger charge is 1.97. The van der Waals surface area contributed by atoms with Crippen LogP contribution in [0, 0.1) is 0 Å². The molecule has 2 N–H and O–H groups in total. The number of carboxylic acids is 1. The van der Waals surface area contributed by atoms with Gasteiger partial charge in [-0.15, -0.1) is 0 Å². The number of nitrogens with one attached hydrogen (secondary N) is 1. The molecule has 0 aromatic carbocycles. The van der Waals surface area contributed by atoms with E-state index in [1.165, 1.54) is 0 Å². The molecule has 15 heavy (non-hydrogen) atoms. The van der Waals surface area contributed by atoms with Crippen LogP contribution in [0.25, 0.3) is 0 Å². The molecule has 0 atom stereocenters. The summed E-state index contributed by atoms with van der Waals surface area (Å²) < 4.78 is 4.91. The zero-order chi connectivity index (χ0) is 11.1. The van der Waals surface area contributed by atoms with E-state index in [1.54, 1.807) is 19.4 Å². The summed E-state index contributed by atoms with van der Waals surface area (Å²) in [6, 6.07) is 3.59. The lowest BCUT2D eigenvalue weighted by Gasteiger charge is -2.05. The van der Waals surface area contributed by atoms with E-state index in [-0.39, 0.29) is 6.42 Å². The van der Waals surface area contributed by atoms with Crippen molar-refractivity contribution in [1.29, 1.82) is 0 Å². The molecular formula is C10H14N2O3. The Balaban J connectivity index is 2.28. The first-order chi connectivity index (χ1) is 7.22. The van der Waals surface area contributed by atoms with Crippen molar-refractivity contribution in [2.75, 3.05) is 19.0 Å². The van der Waals surface area contributed by atoms with Gasteiger partial charge in [-0.3, -0.25) is 4.79 Å². The molecule has 0 aliphatic rings. The van der Waals surface area contributed by atoms with Crippen molar-refractivity contribution in [3.63, 3.8) is 0 Å². The highest BCUT2D eigenvalue weighted by Crippen LogP contribution is 2.10.